The molecule has 0 aromatic heterocycles. The zero-order chi connectivity index (χ0) is 14.0. The maximum atomic E-state index is 10.8. The molecule has 0 aliphatic heterocycles. The van der Waals surface area contributed by atoms with E-state index in [1.54, 1.807) is 6.92 Å². The maximum Gasteiger partial charge on any atom is 0.143 e. The molecule has 0 bridgehead atoms. The summed E-state index contributed by atoms with van der Waals surface area (Å²) in [6.07, 6.45) is 0. The molecule has 0 atom stereocenters. The second kappa shape index (κ2) is 9.83. The van der Waals surface area contributed by atoms with Crippen LogP contribution in [0.5, 0.6) is 0 Å². The van der Waals surface area contributed by atoms with E-state index in [0.29, 0.717) is 6.54 Å². The summed E-state index contributed by atoms with van der Waals surface area (Å²) in [5, 5.41) is 3.25. The van der Waals surface area contributed by atoms with E-state index < -0.39 is 0 Å². The van der Waals surface area contributed by atoms with E-state index in [1.165, 1.54) is 0 Å². The Morgan fingerprint density at radius 2 is 1.25 bits per heavy atom. The van der Waals surface area contributed by atoms with Crippen LogP contribution < -0.4 is 5.32 Å². The quantitative estimate of drug-likeness (QED) is 0.794. The predicted molar refractivity (Wildman–Crippen MR) is 74.9 cm³/mol. The second-order valence-electron chi connectivity index (χ2n) is 4.93. The first kappa shape index (κ1) is 21.0. The lowest BCUT2D eigenvalue weighted by atomic mass is 9.76. The average Bonchev–Trinajstić information content (AvgIpc) is 2.19. The van der Waals surface area contributed by atoms with Gasteiger partial charge in [0.2, 0.25) is 0 Å². The Morgan fingerprint density at radius 3 is 1.44 bits per heavy atom. The lowest BCUT2D eigenvalue weighted by molar-refractivity contribution is -0.116. The van der Waals surface area contributed by atoms with Crippen LogP contribution in [0.3, 0.4) is 0 Å². The Hall–Kier alpha value is -0.370. The van der Waals surface area contributed by atoms with Gasteiger partial charge < -0.3 is 5.32 Å². The van der Waals surface area contributed by atoms with Gasteiger partial charge in [-0.3, -0.25) is 4.79 Å². The van der Waals surface area contributed by atoms with Crippen molar-refractivity contribution in [3.8, 4) is 0 Å². The highest BCUT2D eigenvalue weighted by atomic mass is 16.1. The molecule has 0 heterocycles. The van der Waals surface area contributed by atoms with Crippen LogP contribution in [0.2, 0.25) is 0 Å². The smallest absolute Gasteiger partial charge is 0.143 e. The standard InChI is InChI=1S/C10H21NO.2C2H6/c1-8(12)7-11-10(5,6)9(2,3)4;2*1-2/h11H,7H2,1-6H3;2*1-2H3. The molecule has 0 aliphatic carbocycles. The number of carbonyl (C=O) groups excluding carboxylic acids is 1. The van der Waals surface area contributed by atoms with Crippen LogP contribution >= 0.6 is 0 Å². The number of Topliss-reactive ketones (excluding diaryl/α,β-unsaturated/α-hetero) is 1. The van der Waals surface area contributed by atoms with Crippen LogP contribution in [0.4, 0.5) is 0 Å². The molecule has 0 rings (SSSR count). The Kier molecular flexibility index (Phi) is 12.9. The third kappa shape index (κ3) is 10.2. The zero-order valence-corrected chi connectivity index (χ0v) is 13.1. The van der Waals surface area contributed by atoms with Crippen molar-refractivity contribution < 1.29 is 4.79 Å². The number of hydrogen-bond donors (Lipinski definition) is 1. The SMILES string of the molecule is CC.CC.CC(=O)CNC(C)(C)C(C)(C)C. The number of nitrogens with one attached hydrogen (secondary N) is 1. The highest BCUT2D eigenvalue weighted by Gasteiger charge is 2.31. The van der Waals surface area contributed by atoms with Gasteiger partial charge in [0.25, 0.3) is 0 Å². The summed E-state index contributed by atoms with van der Waals surface area (Å²) in [5.41, 5.74) is 0.168. The first-order valence-corrected chi connectivity index (χ1v) is 6.41. The monoisotopic (exact) mass is 231 g/mol. The molecule has 0 fully saturated rings. The highest BCUT2D eigenvalue weighted by Crippen LogP contribution is 2.28. The minimum atomic E-state index is -0.00132. The molecule has 0 spiro atoms. The summed E-state index contributed by atoms with van der Waals surface area (Å²) >= 11 is 0. The van der Waals surface area contributed by atoms with Crippen molar-refractivity contribution in [2.45, 2.75) is 74.8 Å². The van der Waals surface area contributed by atoms with Crippen LogP contribution in [0.25, 0.3) is 0 Å². The van der Waals surface area contributed by atoms with Gasteiger partial charge in [0, 0.05) is 5.54 Å². The topological polar surface area (TPSA) is 29.1 Å². The summed E-state index contributed by atoms with van der Waals surface area (Å²) in [6, 6.07) is 0. The van der Waals surface area contributed by atoms with Gasteiger partial charge in [0.05, 0.1) is 6.54 Å². The fourth-order valence-corrected chi connectivity index (χ4v) is 0.611. The Bertz CT molecular complexity index is 166. The van der Waals surface area contributed by atoms with Gasteiger partial charge in [0.1, 0.15) is 5.78 Å². The third-order valence-corrected chi connectivity index (χ3v) is 2.65. The average molecular weight is 231 g/mol. The lowest BCUT2D eigenvalue weighted by Crippen LogP contribution is -2.51. The second-order valence-corrected chi connectivity index (χ2v) is 4.93. The van der Waals surface area contributed by atoms with Gasteiger partial charge in [-0.1, -0.05) is 48.5 Å². The van der Waals surface area contributed by atoms with Crippen molar-refractivity contribution in [2.24, 2.45) is 5.41 Å². The van der Waals surface area contributed by atoms with Crippen molar-refractivity contribution in [3.63, 3.8) is 0 Å². The molecule has 0 aliphatic rings. The first-order chi connectivity index (χ1) is 7.17. The van der Waals surface area contributed by atoms with Gasteiger partial charge in [-0.05, 0) is 26.2 Å². The Morgan fingerprint density at radius 1 is 0.938 bits per heavy atom. The summed E-state index contributed by atoms with van der Waals surface area (Å²) in [4.78, 5) is 10.8. The number of ketones is 1. The van der Waals surface area contributed by atoms with Crippen LogP contribution in [0, 0.1) is 5.41 Å². The normalized spacial score (nSPS) is 10.6. The minimum absolute atomic E-state index is 0.00132. The van der Waals surface area contributed by atoms with E-state index in [0.717, 1.165) is 0 Å². The predicted octanol–water partition coefficient (Wildman–Crippen LogP) is 4.04. The van der Waals surface area contributed by atoms with Crippen LogP contribution in [-0.2, 0) is 4.79 Å². The van der Waals surface area contributed by atoms with E-state index in [4.69, 9.17) is 0 Å². The van der Waals surface area contributed by atoms with Crippen LogP contribution in [-0.4, -0.2) is 17.9 Å². The largest absolute Gasteiger partial charge is 0.304 e. The molecule has 100 valence electrons. The summed E-state index contributed by atoms with van der Waals surface area (Å²) in [5.74, 6) is 0.187. The van der Waals surface area contributed by atoms with Crippen molar-refractivity contribution in [1.29, 1.82) is 0 Å². The molecule has 0 amide bonds. The summed E-state index contributed by atoms with van der Waals surface area (Å²) in [7, 11) is 0. The molecule has 0 aromatic carbocycles. The van der Waals surface area contributed by atoms with Crippen LogP contribution in [0.15, 0.2) is 0 Å². The van der Waals surface area contributed by atoms with E-state index in [2.05, 4.69) is 39.9 Å². The third-order valence-electron chi connectivity index (χ3n) is 2.65. The Balaban J connectivity index is -0.000000376. The van der Waals surface area contributed by atoms with E-state index in [9.17, 15) is 4.79 Å². The van der Waals surface area contributed by atoms with Crippen LogP contribution in [0.1, 0.15) is 69.2 Å². The van der Waals surface area contributed by atoms with Crippen molar-refractivity contribution in [3.05, 3.63) is 0 Å². The van der Waals surface area contributed by atoms with Gasteiger partial charge in [-0.15, -0.1) is 0 Å². The van der Waals surface area contributed by atoms with E-state index in [-0.39, 0.29) is 16.7 Å². The first-order valence-electron chi connectivity index (χ1n) is 6.41. The maximum absolute atomic E-state index is 10.8. The van der Waals surface area contributed by atoms with Crippen molar-refractivity contribution in [1.82, 2.24) is 5.32 Å². The zero-order valence-electron chi connectivity index (χ0n) is 13.1. The van der Waals surface area contributed by atoms with Gasteiger partial charge >= 0.3 is 0 Å². The molecule has 2 nitrogen and oxygen atoms in total. The fourth-order valence-electron chi connectivity index (χ4n) is 0.611. The molecule has 1 N–H and O–H groups in total. The number of hydrogen-bond acceptors (Lipinski definition) is 2. The molecular weight excluding hydrogens is 198 g/mol. The number of rotatable bonds is 3. The molecule has 0 unspecified atom stereocenters. The fraction of sp³-hybridized carbons (Fsp3) is 0.929. The van der Waals surface area contributed by atoms with Gasteiger partial charge in [-0.25, -0.2) is 0 Å². The molecule has 2 heteroatoms. The van der Waals surface area contributed by atoms with E-state index >= 15 is 0 Å². The molecule has 0 radical (unpaired) electrons. The minimum Gasteiger partial charge on any atom is -0.304 e. The van der Waals surface area contributed by atoms with Crippen molar-refractivity contribution in [2.75, 3.05) is 6.54 Å². The molecule has 0 aromatic rings. The molecule has 16 heavy (non-hydrogen) atoms. The molecular formula is C14H33NO. The molecule has 0 saturated carbocycles. The Labute approximate surface area is 103 Å². The highest BCUT2D eigenvalue weighted by molar-refractivity contribution is 5.77. The van der Waals surface area contributed by atoms with Gasteiger partial charge in [-0.2, -0.15) is 0 Å². The summed E-state index contributed by atoms with van der Waals surface area (Å²) < 4.78 is 0. The lowest BCUT2D eigenvalue weighted by Gasteiger charge is -2.39. The van der Waals surface area contributed by atoms with Crippen molar-refractivity contribution >= 4 is 5.78 Å². The number of carbonyl (C=O) groups is 1. The molecule has 0 saturated heterocycles. The summed E-state index contributed by atoms with van der Waals surface area (Å²) in [6.45, 7) is 20.8. The van der Waals surface area contributed by atoms with E-state index in [1.807, 2.05) is 27.7 Å². The van der Waals surface area contributed by atoms with Gasteiger partial charge in [0.15, 0.2) is 0 Å².